The third-order valence-corrected chi connectivity index (χ3v) is 11.7. The summed E-state index contributed by atoms with van der Waals surface area (Å²) in [5, 5.41) is -0.602. The Labute approximate surface area is 231 Å². The molecule has 2 aliphatic heterocycles. The van der Waals surface area contributed by atoms with Crippen LogP contribution < -0.4 is 5.32 Å². The maximum Gasteiger partial charge on any atom is 0.413 e. The van der Waals surface area contributed by atoms with Gasteiger partial charge in [0.25, 0.3) is 0 Å². The number of fused-ring (bicyclic) bond motifs is 2. The zero-order valence-corrected chi connectivity index (χ0v) is 23.9. The van der Waals surface area contributed by atoms with Gasteiger partial charge in [-0.25, -0.2) is 30.4 Å². The van der Waals surface area contributed by atoms with Gasteiger partial charge in [0.15, 0.2) is 14.6 Å². The van der Waals surface area contributed by atoms with Gasteiger partial charge in [-0.05, 0) is 76.4 Å². The second-order valence-corrected chi connectivity index (χ2v) is 15.2. The summed E-state index contributed by atoms with van der Waals surface area (Å²) < 4.78 is 100. The average Bonchev–Trinajstić information content (AvgIpc) is 3.06. The van der Waals surface area contributed by atoms with Gasteiger partial charge in [0, 0.05) is 5.56 Å². The Hall–Kier alpha value is -3.19. The van der Waals surface area contributed by atoms with E-state index < -0.39 is 70.4 Å². The number of benzene rings is 2. The van der Waals surface area contributed by atoms with Gasteiger partial charge >= 0.3 is 6.09 Å². The van der Waals surface area contributed by atoms with Crippen molar-refractivity contribution >= 4 is 37.7 Å². The Morgan fingerprint density at radius 2 is 1.85 bits per heavy atom. The molecule has 13 heteroatoms. The highest BCUT2D eigenvalue weighted by Gasteiger charge is 2.66. The number of amides is 1. The van der Waals surface area contributed by atoms with E-state index in [-0.39, 0.29) is 28.9 Å². The zero-order chi connectivity index (χ0) is 29.7. The molecule has 1 amide bonds. The molecule has 0 radical (unpaired) electrons. The molecule has 4 rings (SSSR count). The van der Waals surface area contributed by atoms with Gasteiger partial charge in [-0.3, -0.25) is 10.3 Å². The van der Waals surface area contributed by atoms with Crippen LogP contribution in [0.15, 0.2) is 63.6 Å². The number of nitrogens with zero attached hydrogens (tertiary/aromatic N) is 1. The van der Waals surface area contributed by atoms with Crippen LogP contribution in [0.4, 0.5) is 18.0 Å². The van der Waals surface area contributed by atoms with E-state index >= 15 is 4.39 Å². The summed E-state index contributed by atoms with van der Waals surface area (Å²) in [5.74, 6) is -1.42. The standard InChI is InChI=1S/C27H29F3N2O6S2/c1-25(2,3)38-24(33)31-23-27(16-28)13-12-21(40(27,36)37)26(4,32-23)19-14-17(10-11-20(19)29)15-22(30)39(34,35)18-8-6-5-7-9-18/h5-11,14-15,21H,12-13,16H2,1-4H3,(H,31,32,33)/b22-15+/t21-,26+,27-/m0/s1. The maximum atomic E-state index is 15.3. The van der Waals surface area contributed by atoms with Gasteiger partial charge in [-0.15, -0.1) is 0 Å². The Morgan fingerprint density at radius 1 is 1.20 bits per heavy atom. The minimum absolute atomic E-state index is 0.0794. The molecule has 1 saturated heterocycles. The molecule has 216 valence electrons. The molecule has 0 unspecified atom stereocenters. The van der Waals surface area contributed by atoms with Gasteiger partial charge in [-0.1, -0.05) is 24.3 Å². The zero-order valence-electron chi connectivity index (χ0n) is 22.2. The largest absolute Gasteiger partial charge is 0.444 e. The fourth-order valence-electron chi connectivity index (χ4n) is 5.10. The summed E-state index contributed by atoms with van der Waals surface area (Å²) in [5.41, 5.74) is -3.21. The van der Waals surface area contributed by atoms with Crippen molar-refractivity contribution in [2.75, 3.05) is 6.67 Å². The molecule has 1 N–H and O–H groups in total. The van der Waals surface area contributed by atoms with Gasteiger partial charge < -0.3 is 4.74 Å². The fourth-order valence-corrected chi connectivity index (χ4v) is 8.81. The number of halogens is 3. The Morgan fingerprint density at radius 3 is 2.45 bits per heavy atom. The molecule has 1 fully saturated rings. The first-order valence-electron chi connectivity index (χ1n) is 12.3. The second kappa shape index (κ2) is 10.0. The van der Waals surface area contributed by atoms with Crippen molar-refractivity contribution in [3.05, 3.63) is 70.6 Å². The summed E-state index contributed by atoms with van der Waals surface area (Å²) >= 11 is 0. The van der Waals surface area contributed by atoms with Crippen LogP contribution in [0.1, 0.15) is 51.7 Å². The van der Waals surface area contributed by atoms with E-state index in [1.165, 1.54) is 31.2 Å². The molecule has 2 heterocycles. The van der Waals surface area contributed by atoms with E-state index in [4.69, 9.17) is 4.74 Å². The number of carbonyl (C=O) groups excluding carboxylic acids is 1. The molecule has 2 aliphatic rings. The van der Waals surface area contributed by atoms with Crippen molar-refractivity contribution in [1.82, 2.24) is 5.32 Å². The lowest BCUT2D eigenvalue weighted by Gasteiger charge is -2.40. The predicted octanol–water partition coefficient (Wildman–Crippen LogP) is 5.01. The van der Waals surface area contributed by atoms with Crippen molar-refractivity contribution in [3.8, 4) is 0 Å². The minimum atomic E-state index is -4.50. The van der Waals surface area contributed by atoms with Crippen molar-refractivity contribution in [3.63, 3.8) is 0 Å². The molecular formula is C27H29F3N2O6S2. The first-order chi connectivity index (χ1) is 18.5. The number of nitrogens with one attached hydrogen (secondary N) is 1. The van der Waals surface area contributed by atoms with Crippen LogP contribution in [0, 0.1) is 5.82 Å². The van der Waals surface area contributed by atoms with Crippen LogP contribution >= 0.6 is 0 Å². The smallest absolute Gasteiger partial charge is 0.413 e. The van der Waals surface area contributed by atoms with E-state index in [1.54, 1.807) is 26.8 Å². The van der Waals surface area contributed by atoms with Gasteiger partial charge in [0.05, 0.1) is 10.1 Å². The Bertz CT molecular complexity index is 1620. The molecule has 40 heavy (non-hydrogen) atoms. The maximum absolute atomic E-state index is 15.3. The molecule has 3 atom stereocenters. The van der Waals surface area contributed by atoms with Crippen molar-refractivity contribution < 1.29 is 39.5 Å². The number of aliphatic imine (C=N–C) groups is 1. The van der Waals surface area contributed by atoms with Crippen LogP contribution in [0.2, 0.25) is 0 Å². The number of amidine groups is 1. The number of alkyl carbamates (subject to hydrolysis) is 1. The minimum Gasteiger partial charge on any atom is -0.444 e. The Kier molecular flexibility index (Phi) is 7.46. The predicted molar refractivity (Wildman–Crippen MR) is 144 cm³/mol. The van der Waals surface area contributed by atoms with Crippen molar-refractivity contribution in [2.45, 2.75) is 66.6 Å². The van der Waals surface area contributed by atoms with Crippen LogP contribution in [0.5, 0.6) is 0 Å². The van der Waals surface area contributed by atoms with Crippen molar-refractivity contribution in [2.24, 2.45) is 4.99 Å². The third-order valence-electron chi connectivity index (χ3n) is 7.09. The molecule has 0 saturated carbocycles. The second-order valence-electron chi connectivity index (χ2n) is 10.9. The molecule has 2 bridgehead atoms. The van der Waals surface area contributed by atoms with Crippen LogP contribution in [-0.2, 0) is 30.0 Å². The van der Waals surface area contributed by atoms with E-state index in [0.29, 0.717) is 6.08 Å². The quantitative estimate of drug-likeness (QED) is 0.517. The van der Waals surface area contributed by atoms with Crippen LogP contribution in [0.3, 0.4) is 0 Å². The monoisotopic (exact) mass is 598 g/mol. The number of hydrogen-bond donors (Lipinski definition) is 1. The average molecular weight is 599 g/mol. The topological polar surface area (TPSA) is 119 Å². The molecule has 0 aromatic heterocycles. The first-order valence-corrected chi connectivity index (χ1v) is 15.4. The number of sulfone groups is 2. The highest BCUT2D eigenvalue weighted by molar-refractivity contribution is 7.95. The van der Waals surface area contributed by atoms with Crippen molar-refractivity contribution in [1.29, 1.82) is 0 Å². The molecule has 2 aromatic rings. The van der Waals surface area contributed by atoms with Crippen LogP contribution in [-0.4, -0.2) is 51.0 Å². The first kappa shape index (κ1) is 29.8. The van der Waals surface area contributed by atoms with Gasteiger partial charge in [0.2, 0.25) is 15.0 Å². The van der Waals surface area contributed by atoms with Gasteiger partial charge in [0.1, 0.15) is 29.5 Å². The number of hydrogen-bond acceptors (Lipinski definition) is 7. The summed E-state index contributed by atoms with van der Waals surface area (Å²) in [4.78, 5) is 16.7. The van der Waals surface area contributed by atoms with E-state index in [1.807, 2.05) is 0 Å². The highest BCUT2D eigenvalue weighted by Crippen LogP contribution is 2.52. The SMILES string of the molecule is CC(C)(C)OC(=O)NC1=N[C@](C)(c2cc(/C=C(\F)S(=O)(=O)c3ccccc3)ccc2F)[C@@H]2CC[C@@]1(CF)S2(=O)=O. The number of rotatable bonds is 5. The summed E-state index contributed by atoms with van der Waals surface area (Å²) in [6.45, 7) is 4.70. The summed E-state index contributed by atoms with van der Waals surface area (Å²) in [7, 11) is -8.88. The third kappa shape index (κ3) is 4.93. The van der Waals surface area contributed by atoms with E-state index in [0.717, 1.165) is 18.2 Å². The number of carbonyl (C=O) groups is 1. The molecule has 8 nitrogen and oxygen atoms in total. The molecular weight excluding hydrogens is 569 g/mol. The van der Waals surface area contributed by atoms with Gasteiger partial charge in [-0.2, -0.15) is 4.39 Å². The van der Waals surface area contributed by atoms with E-state index in [9.17, 15) is 30.4 Å². The number of alkyl halides is 1. The number of ether oxygens (including phenoxy) is 1. The lowest BCUT2D eigenvalue weighted by molar-refractivity contribution is 0.0560. The Balaban J connectivity index is 1.84. The lowest BCUT2D eigenvalue weighted by atomic mass is 9.86. The fraction of sp³-hybridized carbons (Fsp3) is 0.407. The van der Waals surface area contributed by atoms with Crippen LogP contribution in [0.25, 0.3) is 6.08 Å². The van der Waals surface area contributed by atoms with E-state index in [2.05, 4.69) is 10.3 Å². The normalized spacial score (nSPS) is 26.2. The molecule has 0 aliphatic carbocycles. The summed E-state index contributed by atoms with van der Waals surface area (Å²) in [6.07, 6.45) is -0.684. The molecule has 0 spiro atoms. The lowest BCUT2D eigenvalue weighted by Crippen LogP contribution is -2.61. The molecule has 2 aromatic carbocycles. The summed E-state index contributed by atoms with van der Waals surface area (Å²) in [6, 6.07) is 10.0. The highest BCUT2D eigenvalue weighted by atomic mass is 32.2.